The van der Waals surface area contributed by atoms with Crippen LogP contribution in [0.1, 0.15) is 33.6 Å². The Bertz CT molecular complexity index is 581. The number of nitrogens with one attached hydrogen (secondary N) is 2. The lowest BCUT2D eigenvalue weighted by Crippen LogP contribution is -2.45. The average molecular weight is 365 g/mol. The molecule has 2 unspecified atom stereocenters. The van der Waals surface area contributed by atoms with E-state index >= 15 is 0 Å². The summed E-state index contributed by atoms with van der Waals surface area (Å²) in [6.07, 6.45) is 3.73. The molecule has 7 heteroatoms. The zero-order chi connectivity index (χ0) is 18.9. The van der Waals surface area contributed by atoms with Crippen LogP contribution in [0.3, 0.4) is 0 Å². The topological polar surface area (TPSA) is 61.8 Å². The van der Waals surface area contributed by atoms with Crippen molar-refractivity contribution in [2.45, 2.75) is 45.8 Å². The summed E-state index contributed by atoms with van der Waals surface area (Å²) in [6.45, 7) is 9.41. The van der Waals surface area contributed by atoms with E-state index in [2.05, 4.69) is 34.5 Å². The Labute approximate surface area is 156 Å². The van der Waals surface area contributed by atoms with Gasteiger partial charge in [-0.1, -0.05) is 13.8 Å². The van der Waals surface area contributed by atoms with E-state index in [0.29, 0.717) is 18.3 Å². The number of hydrogen-bond donors (Lipinski definition) is 2. The Balaban J connectivity index is 1.79. The first-order valence-electron chi connectivity index (χ1n) is 9.49. The van der Waals surface area contributed by atoms with Gasteiger partial charge >= 0.3 is 0 Å². The van der Waals surface area contributed by atoms with Gasteiger partial charge in [0, 0.05) is 45.5 Å². The van der Waals surface area contributed by atoms with Gasteiger partial charge in [0.05, 0.1) is 6.10 Å². The zero-order valence-electron chi connectivity index (χ0n) is 16.3. The second kappa shape index (κ2) is 10.3. The lowest BCUT2D eigenvalue weighted by molar-refractivity contribution is 0.0258. The van der Waals surface area contributed by atoms with Crippen LogP contribution >= 0.6 is 0 Å². The maximum Gasteiger partial charge on any atom is 0.191 e. The highest BCUT2D eigenvalue weighted by molar-refractivity contribution is 5.80. The van der Waals surface area contributed by atoms with Crippen molar-refractivity contribution in [1.29, 1.82) is 0 Å². The molecule has 1 aromatic heterocycles. The summed E-state index contributed by atoms with van der Waals surface area (Å²) in [5.41, 5.74) is 0. The number of nitrogens with zero attached hydrogens (tertiary/aromatic N) is 3. The molecule has 2 atom stereocenters. The van der Waals surface area contributed by atoms with Crippen LogP contribution in [0.2, 0.25) is 0 Å². The summed E-state index contributed by atoms with van der Waals surface area (Å²) >= 11 is 0. The summed E-state index contributed by atoms with van der Waals surface area (Å²) < 4.78 is 19.7. The molecule has 0 bridgehead atoms. The Hall–Kier alpha value is -1.89. The number of ether oxygens (including phenoxy) is 1. The van der Waals surface area contributed by atoms with E-state index in [9.17, 15) is 4.39 Å². The summed E-state index contributed by atoms with van der Waals surface area (Å²) in [7, 11) is 1.77. The molecule has 0 radical (unpaired) electrons. The Morgan fingerprint density at radius 3 is 2.96 bits per heavy atom. The first kappa shape index (κ1) is 20.4. The molecule has 2 heterocycles. The van der Waals surface area contributed by atoms with E-state index in [4.69, 9.17) is 4.74 Å². The summed E-state index contributed by atoms with van der Waals surface area (Å²) in [6, 6.07) is 3.28. The molecule has 0 aromatic carbocycles. The fraction of sp³-hybridized carbons (Fsp3) is 0.684. The van der Waals surface area contributed by atoms with Crippen LogP contribution in [0.4, 0.5) is 10.2 Å². The third-order valence-corrected chi connectivity index (χ3v) is 4.64. The van der Waals surface area contributed by atoms with Gasteiger partial charge < -0.3 is 20.3 Å². The van der Waals surface area contributed by atoms with Crippen molar-refractivity contribution in [2.75, 3.05) is 38.2 Å². The molecule has 0 amide bonds. The molecule has 146 valence electrons. The maximum absolute atomic E-state index is 13.9. The molecule has 2 rings (SSSR count). The molecule has 6 nitrogen and oxygen atoms in total. The second-order valence-corrected chi connectivity index (χ2v) is 6.91. The predicted octanol–water partition coefficient (Wildman–Crippen LogP) is 2.42. The molecule has 1 aliphatic rings. The van der Waals surface area contributed by atoms with Gasteiger partial charge in [-0.3, -0.25) is 4.99 Å². The standard InChI is InChI=1S/C19H32FN5O/c1-5-26-17(14(2)3)8-11-23-19(21-4)24-15-9-12-25(13-15)18-16(20)7-6-10-22-18/h6-7,10,14-15,17H,5,8-9,11-13H2,1-4H3,(H2,21,23,24). The fourth-order valence-corrected chi connectivity index (χ4v) is 3.22. The van der Waals surface area contributed by atoms with Gasteiger partial charge in [-0.25, -0.2) is 9.37 Å². The third-order valence-electron chi connectivity index (χ3n) is 4.64. The van der Waals surface area contributed by atoms with Crippen molar-refractivity contribution in [2.24, 2.45) is 10.9 Å². The van der Waals surface area contributed by atoms with Crippen LogP contribution in [-0.4, -0.2) is 56.4 Å². The lowest BCUT2D eigenvalue weighted by atomic mass is 10.0. The molecule has 26 heavy (non-hydrogen) atoms. The van der Waals surface area contributed by atoms with Crippen molar-refractivity contribution in [3.05, 3.63) is 24.1 Å². The lowest BCUT2D eigenvalue weighted by Gasteiger charge is -2.23. The van der Waals surface area contributed by atoms with Crippen molar-refractivity contribution < 1.29 is 9.13 Å². The molecule has 0 spiro atoms. The Morgan fingerprint density at radius 1 is 1.50 bits per heavy atom. The van der Waals surface area contributed by atoms with Crippen molar-refractivity contribution >= 4 is 11.8 Å². The fourth-order valence-electron chi connectivity index (χ4n) is 3.22. The monoisotopic (exact) mass is 365 g/mol. The molecule has 2 N–H and O–H groups in total. The molecule has 1 aromatic rings. The van der Waals surface area contributed by atoms with Gasteiger partial charge in [0.2, 0.25) is 0 Å². The number of aliphatic imine (C=N–C) groups is 1. The van der Waals surface area contributed by atoms with Crippen molar-refractivity contribution in [3.8, 4) is 0 Å². The van der Waals surface area contributed by atoms with Crippen LogP contribution in [0.25, 0.3) is 0 Å². The van der Waals surface area contributed by atoms with Crippen LogP contribution in [0, 0.1) is 11.7 Å². The number of hydrogen-bond acceptors (Lipinski definition) is 4. The van der Waals surface area contributed by atoms with Gasteiger partial charge in [0.15, 0.2) is 17.6 Å². The number of halogens is 1. The van der Waals surface area contributed by atoms with Crippen molar-refractivity contribution in [3.63, 3.8) is 0 Å². The molecular formula is C19H32FN5O. The summed E-state index contributed by atoms with van der Waals surface area (Å²) in [4.78, 5) is 10.4. The zero-order valence-corrected chi connectivity index (χ0v) is 16.3. The first-order valence-corrected chi connectivity index (χ1v) is 9.49. The number of rotatable bonds is 8. The quantitative estimate of drug-likeness (QED) is 0.547. The highest BCUT2D eigenvalue weighted by Gasteiger charge is 2.26. The van der Waals surface area contributed by atoms with E-state index in [0.717, 1.165) is 38.5 Å². The number of pyridine rings is 1. The van der Waals surface area contributed by atoms with E-state index in [1.54, 1.807) is 19.3 Å². The highest BCUT2D eigenvalue weighted by atomic mass is 19.1. The maximum atomic E-state index is 13.9. The Morgan fingerprint density at radius 2 is 2.31 bits per heavy atom. The highest BCUT2D eigenvalue weighted by Crippen LogP contribution is 2.20. The minimum Gasteiger partial charge on any atom is -0.378 e. The SMILES string of the molecule is CCOC(CCNC(=NC)NC1CCN(c2ncccc2F)C1)C(C)C. The predicted molar refractivity (Wildman–Crippen MR) is 104 cm³/mol. The summed E-state index contributed by atoms with van der Waals surface area (Å²) in [5, 5.41) is 6.78. The van der Waals surface area contributed by atoms with Crippen LogP contribution in [0.5, 0.6) is 0 Å². The van der Waals surface area contributed by atoms with Gasteiger partial charge in [0.1, 0.15) is 0 Å². The minimum atomic E-state index is -0.272. The van der Waals surface area contributed by atoms with E-state index in [1.807, 2.05) is 11.8 Å². The van der Waals surface area contributed by atoms with Crippen molar-refractivity contribution in [1.82, 2.24) is 15.6 Å². The molecule has 1 aliphatic heterocycles. The Kier molecular flexibility index (Phi) is 8.09. The molecular weight excluding hydrogens is 333 g/mol. The van der Waals surface area contributed by atoms with E-state index in [1.165, 1.54) is 6.07 Å². The molecule has 0 aliphatic carbocycles. The molecule has 1 fully saturated rings. The minimum absolute atomic E-state index is 0.218. The van der Waals surface area contributed by atoms with Gasteiger partial charge in [-0.05, 0) is 37.8 Å². The van der Waals surface area contributed by atoms with Crippen LogP contribution in [0.15, 0.2) is 23.3 Å². The number of guanidine groups is 1. The van der Waals surface area contributed by atoms with Gasteiger partial charge in [-0.15, -0.1) is 0 Å². The normalized spacial score (nSPS) is 19.1. The van der Waals surface area contributed by atoms with E-state index in [-0.39, 0.29) is 18.0 Å². The van der Waals surface area contributed by atoms with Gasteiger partial charge in [-0.2, -0.15) is 0 Å². The molecule has 0 saturated carbocycles. The summed E-state index contributed by atoms with van der Waals surface area (Å²) in [5.74, 6) is 1.42. The average Bonchev–Trinajstić information content (AvgIpc) is 3.08. The number of anilines is 1. The van der Waals surface area contributed by atoms with Crippen LogP contribution < -0.4 is 15.5 Å². The smallest absolute Gasteiger partial charge is 0.191 e. The van der Waals surface area contributed by atoms with Gasteiger partial charge in [0.25, 0.3) is 0 Å². The third kappa shape index (κ3) is 5.83. The van der Waals surface area contributed by atoms with E-state index < -0.39 is 0 Å². The second-order valence-electron chi connectivity index (χ2n) is 6.91. The van der Waals surface area contributed by atoms with Crippen LogP contribution in [-0.2, 0) is 4.74 Å². The largest absolute Gasteiger partial charge is 0.378 e. The first-order chi connectivity index (χ1) is 12.5. The molecule has 1 saturated heterocycles. The number of aromatic nitrogens is 1.